The number of benzene rings is 3. The van der Waals surface area contributed by atoms with Crippen LogP contribution in [0.15, 0.2) is 79.0 Å². The van der Waals surface area contributed by atoms with E-state index in [1.807, 2.05) is 67.2 Å². The van der Waals surface area contributed by atoms with Crippen LogP contribution in [0.5, 0.6) is 11.5 Å². The molecule has 172 valence electrons. The number of aryl methyl sites for hydroxylation is 3. The van der Waals surface area contributed by atoms with E-state index in [0.29, 0.717) is 11.5 Å². The van der Waals surface area contributed by atoms with Crippen LogP contribution in [0.1, 0.15) is 17.0 Å². The molecule has 6 heteroatoms. The Morgan fingerprint density at radius 2 is 1.63 bits per heavy atom. The molecule has 0 bridgehead atoms. The second kappa shape index (κ2) is 9.16. The summed E-state index contributed by atoms with van der Waals surface area (Å²) in [7, 11) is 0. The Kier molecular flexibility index (Phi) is 6.04. The molecule has 5 nitrogen and oxygen atoms in total. The second-order valence-corrected chi connectivity index (χ2v) is 8.47. The van der Waals surface area contributed by atoms with E-state index in [2.05, 4.69) is 64.0 Å². The maximum atomic E-state index is 6.22. The van der Waals surface area contributed by atoms with E-state index in [-0.39, 0.29) is 21.1 Å². The monoisotopic (exact) mass is 637 g/mol. The van der Waals surface area contributed by atoms with Gasteiger partial charge in [0.1, 0.15) is 5.82 Å². The average molecular weight is 638 g/mol. The molecule has 0 spiro atoms. The molecule has 3 aromatic carbocycles. The van der Waals surface area contributed by atoms with Crippen LogP contribution in [-0.2, 0) is 21.1 Å². The molecule has 35 heavy (non-hydrogen) atoms. The van der Waals surface area contributed by atoms with E-state index in [1.165, 1.54) is 0 Å². The van der Waals surface area contributed by atoms with E-state index >= 15 is 0 Å². The number of nitrogens with zero attached hydrogens (tertiary/aromatic N) is 4. The van der Waals surface area contributed by atoms with Crippen molar-refractivity contribution in [2.24, 2.45) is 0 Å². The summed E-state index contributed by atoms with van der Waals surface area (Å²) in [5.41, 5.74) is 6.01. The summed E-state index contributed by atoms with van der Waals surface area (Å²) < 4.78 is 10.2. The van der Waals surface area contributed by atoms with Gasteiger partial charge in [-0.1, -0.05) is 23.7 Å². The molecule has 0 N–H and O–H groups in total. The Balaban J connectivity index is 0.00000253. The van der Waals surface area contributed by atoms with Gasteiger partial charge in [0.15, 0.2) is 0 Å². The zero-order valence-electron chi connectivity index (χ0n) is 19.5. The van der Waals surface area contributed by atoms with Crippen molar-refractivity contribution in [3.05, 3.63) is 108 Å². The third-order valence-electron chi connectivity index (χ3n) is 5.90. The molecule has 0 saturated heterocycles. The quantitative estimate of drug-likeness (QED) is 0.203. The van der Waals surface area contributed by atoms with Crippen molar-refractivity contribution in [1.29, 1.82) is 0 Å². The van der Waals surface area contributed by atoms with Crippen molar-refractivity contribution in [2.75, 3.05) is 0 Å². The second-order valence-electron chi connectivity index (χ2n) is 8.47. The molecular weight excluding hydrogens is 615 g/mol. The van der Waals surface area contributed by atoms with Gasteiger partial charge in [0, 0.05) is 28.9 Å². The summed E-state index contributed by atoms with van der Waals surface area (Å²) in [6, 6.07) is 31.1. The van der Waals surface area contributed by atoms with Crippen molar-refractivity contribution < 1.29 is 25.8 Å². The largest absolute Gasteiger partial charge is 4.00 e. The summed E-state index contributed by atoms with van der Waals surface area (Å²) in [6.45, 7) is 6.08. The number of pyridine rings is 1. The van der Waals surface area contributed by atoms with E-state index < -0.39 is 0 Å². The Morgan fingerprint density at radius 1 is 0.800 bits per heavy atom. The van der Waals surface area contributed by atoms with Crippen LogP contribution in [-0.4, -0.2) is 19.3 Å². The molecule has 0 amide bonds. The van der Waals surface area contributed by atoms with Gasteiger partial charge in [-0.05, 0) is 61.7 Å². The molecular formula is C29H22N4OPt+2. The van der Waals surface area contributed by atoms with Crippen molar-refractivity contribution in [1.82, 2.24) is 19.3 Å². The summed E-state index contributed by atoms with van der Waals surface area (Å²) in [6.07, 6.45) is 1.84. The third kappa shape index (κ3) is 4.17. The Hall–Kier alpha value is -3.69. The zero-order valence-corrected chi connectivity index (χ0v) is 21.8. The van der Waals surface area contributed by atoms with Crippen molar-refractivity contribution in [2.45, 2.75) is 20.8 Å². The van der Waals surface area contributed by atoms with Gasteiger partial charge in [-0.15, -0.1) is 35.7 Å². The van der Waals surface area contributed by atoms with Gasteiger partial charge in [-0.25, -0.2) is 4.98 Å². The minimum atomic E-state index is 0. The predicted octanol–water partition coefficient (Wildman–Crippen LogP) is 6.68. The number of para-hydroxylation sites is 1. The van der Waals surface area contributed by atoms with Gasteiger partial charge >= 0.3 is 21.1 Å². The molecule has 3 heterocycles. The van der Waals surface area contributed by atoms with Crippen LogP contribution in [0.3, 0.4) is 0 Å². The molecule has 0 atom stereocenters. The van der Waals surface area contributed by atoms with Crippen molar-refractivity contribution in [3.63, 3.8) is 0 Å². The summed E-state index contributed by atoms with van der Waals surface area (Å²) >= 11 is 0. The van der Waals surface area contributed by atoms with E-state index in [4.69, 9.17) is 4.74 Å². The molecule has 6 rings (SSSR count). The third-order valence-corrected chi connectivity index (χ3v) is 5.90. The first-order valence-corrected chi connectivity index (χ1v) is 11.2. The van der Waals surface area contributed by atoms with Crippen LogP contribution in [0, 0.1) is 32.9 Å². The molecule has 0 aliphatic heterocycles. The van der Waals surface area contributed by atoms with E-state index in [0.717, 1.165) is 50.3 Å². The van der Waals surface area contributed by atoms with Gasteiger partial charge in [0.2, 0.25) is 0 Å². The van der Waals surface area contributed by atoms with Gasteiger partial charge in [0.05, 0.1) is 5.69 Å². The Bertz CT molecular complexity index is 1680. The Morgan fingerprint density at radius 3 is 2.43 bits per heavy atom. The number of aromatic nitrogens is 4. The number of fused-ring (bicyclic) bond motifs is 3. The fourth-order valence-corrected chi connectivity index (χ4v) is 4.42. The van der Waals surface area contributed by atoms with Crippen molar-refractivity contribution >= 4 is 21.8 Å². The average Bonchev–Trinajstić information content (AvgIpc) is 3.35. The maximum absolute atomic E-state index is 6.22. The first-order chi connectivity index (χ1) is 16.6. The topological polar surface area (TPSA) is 44.9 Å². The molecule has 0 unspecified atom stereocenters. The first kappa shape index (κ1) is 23.1. The Labute approximate surface area is 218 Å². The molecule has 3 aromatic heterocycles. The van der Waals surface area contributed by atoms with Crippen molar-refractivity contribution in [3.8, 4) is 23.0 Å². The minimum Gasteiger partial charge on any atom is -0.509 e. The number of hydrogen-bond donors (Lipinski definition) is 0. The smallest absolute Gasteiger partial charge is 0.509 e. The minimum absolute atomic E-state index is 0. The number of rotatable bonds is 4. The van der Waals surface area contributed by atoms with Crippen LogP contribution < -0.4 is 4.74 Å². The summed E-state index contributed by atoms with van der Waals surface area (Å²) in [5, 5.41) is 6.82. The molecule has 0 fully saturated rings. The first-order valence-electron chi connectivity index (χ1n) is 11.2. The SMILES string of the molecule is Cc1ccnc(-n2c3[c-]c(Oc4[c-]c(-n5nc(C)cc5C)ccc4)ccc3c3ccccc32)c1.[Pt+4]. The molecule has 0 aliphatic carbocycles. The normalized spacial score (nSPS) is 11.1. The van der Waals surface area contributed by atoms with Gasteiger partial charge in [-0.3, -0.25) is 4.68 Å². The predicted molar refractivity (Wildman–Crippen MR) is 134 cm³/mol. The summed E-state index contributed by atoms with van der Waals surface area (Å²) in [5.74, 6) is 2.08. The molecule has 0 aliphatic rings. The fourth-order valence-electron chi connectivity index (χ4n) is 4.42. The van der Waals surface area contributed by atoms with Gasteiger partial charge in [0.25, 0.3) is 0 Å². The summed E-state index contributed by atoms with van der Waals surface area (Å²) in [4.78, 5) is 4.64. The van der Waals surface area contributed by atoms with Crippen LogP contribution in [0.4, 0.5) is 0 Å². The molecule has 0 radical (unpaired) electrons. The fraction of sp³-hybridized carbons (Fsp3) is 0.103. The van der Waals surface area contributed by atoms with Gasteiger partial charge < -0.3 is 9.30 Å². The number of ether oxygens (including phenoxy) is 1. The van der Waals surface area contributed by atoms with E-state index in [9.17, 15) is 0 Å². The van der Waals surface area contributed by atoms with Crippen LogP contribution in [0.25, 0.3) is 33.3 Å². The van der Waals surface area contributed by atoms with E-state index in [1.54, 1.807) is 0 Å². The van der Waals surface area contributed by atoms with Crippen LogP contribution in [0.2, 0.25) is 0 Å². The maximum Gasteiger partial charge on any atom is 4.00 e. The number of hydrogen-bond acceptors (Lipinski definition) is 3. The van der Waals surface area contributed by atoms with Gasteiger partial charge in [-0.2, -0.15) is 17.2 Å². The molecule has 0 saturated carbocycles. The van der Waals surface area contributed by atoms with Crippen LogP contribution >= 0.6 is 0 Å². The standard InChI is InChI=1S/C29H22N4O.Pt/c1-19-13-14-30-29(15-19)32-27-10-5-4-9-25(27)26-12-11-24(18-28(26)32)34-23-8-6-7-22(17-23)33-21(3)16-20(2)31-33;/h4-16H,1-3H3;/q-2;+4. The molecule has 6 aromatic rings. The zero-order chi connectivity index (χ0) is 23.2.